The normalized spacial score (nSPS) is 14.2. The van der Waals surface area contributed by atoms with Crippen molar-refractivity contribution in [1.82, 2.24) is 10.1 Å². The first-order valence-corrected chi connectivity index (χ1v) is 7.45. The van der Waals surface area contributed by atoms with E-state index in [2.05, 4.69) is 15.5 Å². The second-order valence-corrected chi connectivity index (χ2v) is 5.96. The van der Waals surface area contributed by atoms with Crippen LogP contribution in [0.25, 0.3) is 0 Å². The van der Waals surface area contributed by atoms with E-state index in [1.54, 1.807) is 6.92 Å². The van der Waals surface area contributed by atoms with Crippen molar-refractivity contribution in [3.63, 3.8) is 0 Å². The van der Waals surface area contributed by atoms with Crippen LogP contribution in [0.1, 0.15) is 45.7 Å². The average Bonchev–Trinajstić information content (AvgIpc) is 3.13. The van der Waals surface area contributed by atoms with Gasteiger partial charge in [0.15, 0.2) is 5.82 Å². The minimum atomic E-state index is -0.402. The van der Waals surface area contributed by atoms with Gasteiger partial charge in [-0.05, 0) is 25.7 Å². The fourth-order valence-electron chi connectivity index (χ4n) is 2.18. The van der Waals surface area contributed by atoms with Gasteiger partial charge in [-0.1, -0.05) is 5.16 Å². The number of esters is 1. The van der Waals surface area contributed by atoms with E-state index in [0.717, 1.165) is 23.4 Å². The van der Waals surface area contributed by atoms with Gasteiger partial charge in [0, 0.05) is 5.56 Å². The van der Waals surface area contributed by atoms with Crippen molar-refractivity contribution in [3.8, 4) is 0 Å². The van der Waals surface area contributed by atoms with Crippen LogP contribution in [0.4, 0.5) is 10.7 Å². The van der Waals surface area contributed by atoms with Crippen molar-refractivity contribution in [2.45, 2.75) is 32.2 Å². The second kappa shape index (κ2) is 5.36. The molecule has 0 bridgehead atoms. The van der Waals surface area contributed by atoms with Crippen molar-refractivity contribution >= 4 is 28.0 Å². The number of aromatic nitrogens is 2. The predicted molar refractivity (Wildman–Crippen MR) is 78.4 cm³/mol. The summed E-state index contributed by atoms with van der Waals surface area (Å²) in [5.41, 5.74) is 7.65. The Morgan fingerprint density at radius 1 is 1.57 bits per heavy atom. The molecule has 0 saturated heterocycles. The van der Waals surface area contributed by atoms with Crippen LogP contribution in [-0.4, -0.2) is 23.2 Å². The number of rotatable bonds is 5. The standard InChI is InChI=1S/C13H16N4O3S/c1-6-16-8(20-17-6)5-15-12-9(7-3-4-7)10(14)11(21-12)13(18)19-2/h7,15H,3-5,14H2,1-2H3. The number of carbonyl (C=O) groups is 1. The Morgan fingerprint density at radius 3 is 2.90 bits per heavy atom. The average molecular weight is 308 g/mol. The molecule has 0 spiro atoms. The fraction of sp³-hybridized carbons (Fsp3) is 0.462. The van der Waals surface area contributed by atoms with E-state index in [1.165, 1.54) is 18.4 Å². The maximum absolute atomic E-state index is 11.8. The Morgan fingerprint density at radius 2 is 2.33 bits per heavy atom. The molecule has 2 aromatic heterocycles. The van der Waals surface area contributed by atoms with Gasteiger partial charge in [-0.15, -0.1) is 11.3 Å². The maximum Gasteiger partial charge on any atom is 0.350 e. The number of methoxy groups -OCH3 is 1. The topological polar surface area (TPSA) is 103 Å². The van der Waals surface area contributed by atoms with Gasteiger partial charge in [0.05, 0.1) is 24.3 Å². The summed E-state index contributed by atoms with van der Waals surface area (Å²) in [4.78, 5) is 16.3. The van der Waals surface area contributed by atoms with Crippen LogP contribution in [0.15, 0.2) is 4.52 Å². The molecule has 0 unspecified atom stereocenters. The van der Waals surface area contributed by atoms with Crippen LogP contribution < -0.4 is 11.1 Å². The number of ether oxygens (including phenoxy) is 1. The fourth-order valence-corrected chi connectivity index (χ4v) is 3.30. The zero-order chi connectivity index (χ0) is 15.0. The number of hydrogen-bond donors (Lipinski definition) is 2. The SMILES string of the molecule is COC(=O)c1sc(NCc2nc(C)no2)c(C2CC2)c1N. The van der Waals surface area contributed by atoms with Crippen LogP contribution >= 0.6 is 11.3 Å². The third kappa shape index (κ3) is 2.71. The molecule has 2 aromatic rings. The summed E-state index contributed by atoms with van der Waals surface area (Å²) in [6.07, 6.45) is 2.19. The van der Waals surface area contributed by atoms with Crippen molar-refractivity contribution in [1.29, 1.82) is 0 Å². The highest BCUT2D eigenvalue weighted by molar-refractivity contribution is 7.18. The Bertz CT molecular complexity index is 675. The Labute approximate surface area is 125 Å². The molecular formula is C13H16N4O3S. The van der Waals surface area contributed by atoms with Crippen LogP contribution in [0.3, 0.4) is 0 Å². The largest absolute Gasteiger partial charge is 0.465 e. The minimum Gasteiger partial charge on any atom is -0.465 e. The summed E-state index contributed by atoms with van der Waals surface area (Å²) < 4.78 is 9.84. The third-order valence-corrected chi connectivity index (χ3v) is 4.47. The Hall–Kier alpha value is -2.09. The molecule has 0 aromatic carbocycles. The van der Waals surface area contributed by atoms with E-state index in [9.17, 15) is 4.79 Å². The molecule has 0 aliphatic heterocycles. The van der Waals surface area contributed by atoms with Crippen molar-refractivity contribution in [2.24, 2.45) is 0 Å². The highest BCUT2D eigenvalue weighted by atomic mass is 32.1. The zero-order valence-corrected chi connectivity index (χ0v) is 12.6. The van der Waals surface area contributed by atoms with E-state index < -0.39 is 5.97 Å². The quantitative estimate of drug-likeness (QED) is 0.817. The molecule has 21 heavy (non-hydrogen) atoms. The summed E-state index contributed by atoms with van der Waals surface area (Å²) in [5, 5.41) is 7.86. The first-order chi connectivity index (χ1) is 10.1. The molecule has 112 valence electrons. The van der Waals surface area contributed by atoms with Crippen molar-refractivity contribution in [2.75, 3.05) is 18.2 Å². The van der Waals surface area contributed by atoms with Gasteiger partial charge in [-0.2, -0.15) is 4.98 Å². The molecule has 8 heteroatoms. The summed E-state index contributed by atoms with van der Waals surface area (Å²) in [5.74, 6) is 1.11. The molecule has 1 aliphatic carbocycles. The van der Waals surface area contributed by atoms with E-state index in [-0.39, 0.29) is 0 Å². The van der Waals surface area contributed by atoms with Crippen molar-refractivity contribution < 1.29 is 14.1 Å². The molecule has 2 heterocycles. The molecule has 7 nitrogen and oxygen atoms in total. The molecule has 1 fully saturated rings. The van der Waals surface area contributed by atoms with Gasteiger partial charge in [0.25, 0.3) is 0 Å². The minimum absolute atomic E-state index is 0.402. The molecule has 1 saturated carbocycles. The molecular weight excluding hydrogens is 292 g/mol. The number of nitrogen functional groups attached to an aromatic ring is 1. The molecule has 3 rings (SSSR count). The maximum atomic E-state index is 11.8. The highest BCUT2D eigenvalue weighted by Gasteiger charge is 2.33. The molecule has 0 atom stereocenters. The third-order valence-electron chi connectivity index (χ3n) is 3.31. The number of carbonyl (C=O) groups excluding carboxylic acids is 1. The summed E-state index contributed by atoms with van der Waals surface area (Å²) >= 11 is 1.31. The van der Waals surface area contributed by atoms with E-state index in [4.69, 9.17) is 15.0 Å². The Kier molecular flexibility index (Phi) is 3.54. The van der Waals surface area contributed by atoms with Crippen LogP contribution in [0, 0.1) is 6.92 Å². The number of aryl methyl sites for hydroxylation is 1. The van der Waals surface area contributed by atoms with Crippen LogP contribution in [-0.2, 0) is 11.3 Å². The highest BCUT2D eigenvalue weighted by Crippen LogP contribution is 2.51. The van der Waals surface area contributed by atoms with Gasteiger partial charge in [0.2, 0.25) is 5.89 Å². The first-order valence-electron chi connectivity index (χ1n) is 6.63. The second-order valence-electron chi connectivity index (χ2n) is 4.94. The van der Waals surface area contributed by atoms with Gasteiger partial charge < -0.3 is 20.3 Å². The lowest BCUT2D eigenvalue weighted by Gasteiger charge is -2.04. The number of anilines is 2. The van der Waals surface area contributed by atoms with E-state index >= 15 is 0 Å². The molecule has 0 amide bonds. The Balaban J connectivity index is 1.84. The van der Waals surface area contributed by atoms with Crippen molar-refractivity contribution in [3.05, 3.63) is 22.2 Å². The first kappa shape index (κ1) is 13.9. The van der Waals surface area contributed by atoms with Gasteiger partial charge in [-0.3, -0.25) is 0 Å². The molecule has 1 aliphatic rings. The number of thiophene rings is 1. The van der Waals surface area contributed by atoms with E-state index in [0.29, 0.717) is 34.7 Å². The number of nitrogens with two attached hydrogens (primary N) is 1. The van der Waals surface area contributed by atoms with Gasteiger partial charge in [-0.25, -0.2) is 4.79 Å². The summed E-state index contributed by atoms with van der Waals surface area (Å²) in [6.45, 7) is 2.17. The zero-order valence-electron chi connectivity index (χ0n) is 11.8. The molecule has 3 N–H and O–H groups in total. The lowest BCUT2D eigenvalue weighted by Crippen LogP contribution is -2.03. The monoisotopic (exact) mass is 308 g/mol. The summed E-state index contributed by atoms with van der Waals surface area (Å²) in [6, 6.07) is 0. The van der Waals surface area contributed by atoms with E-state index in [1.807, 2.05) is 0 Å². The van der Waals surface area contributed by atoms with Crippen LogP contribution in [0.5, 0.6) is 0 Å². The smallest absolute Gasteiger partial charge is 0.350 e. The molecule has 0 radical (unpaired) electrons. The number of hydrogen-bond acceptors (Lipinski definition) is 8. The lowest BCUT2D eigenvalue weighted by atomic mass is 10.1. The van der Waals surface area contributed by atoms with Gasteiger partial charge in [0.1, 0.15) is 4.88 Å². The lowest BCUT2D eigenvalue weighted by molar-refractivity contribution is 0.0607. The summed E-state index contributed by atoms with van der Waals surface area (Å²) in [7, 11) is 1.35. The van der Waals surface area contributed by atoms with Gasteiger partial charge >= 0.3 is 5.97 Å². The number of nitrogens with zero attached hydrogens (tertiary/aromatic N) is 2. The van der Waals surface area contributed by atoms with Crippen LogP contribution in [0.2, 0.25) is 0 Å². The predicted octanol–water partition coefficient (Wildman–Crippen LogP) is 2.30. The number of nitrogens with one attached hydrogen (secondary N) is 1.